The molecule has 0 saturated carbocycles. The van der Waals surface area contributed by atoms with Gasteiger partial charge < -0.3 is 15.6 Å². The predicted molar refractivity (Wildman–Crippen MR) is 64.0 cm³/mol. The lowest BCUT2D eigenvalue weighted by Crippen LogP contribution is -2.57. The van der Waals surface area contributed by atoms with Gasteiger partial charge in [-0.25, -0.2) is 0 Å². The number of hydrogen-bond donors (Lipinski definition) is 2. The second-order valence-corrected chi connectivity index (χ2v) is 4.87. The molecule has 3 N–H and O–H groups in total. The molecule has 1 aromatic rings. The first-order chi connectivity index (χ1) is 7.60. The van der Waals surface area contributed by atoms with Crippen LogP contribution >= 0.6 is 23.2 Å². The molecule has 0 bridgehead atoms. The molecular formula is C11H13Cl2NO2. The number of halogens is 2. The van der Waals surface area contributed by atoms with Crippen LogP contribution in [0.5, 0.6) is 0 Å². The zero-order valence-electron chi connectivity index (χ0n) is 8.62. The van der Waals surface area contributed by atoms with E-state index in [9.17, 15) is 5.11 Å². The summed E-state index contributed by atoms with van der Waals surface area (Å²) in [4.78, 5) is 0. The Kier molecular flexibility index (Phi) is 3.42. The molecule has 1 heterocycles. The molecule has 88 valence electrons. The topological polar surface area (TPSA) is 55.5 Å². The minimum atomic E-state index is -0.653. The fourth-order valence-corrected chi connectivity index (χ4v) is 2.56. The van der Waals surface area contributed by atoms with Crippen molar-refractivity contribution in [2.45, 2.75) is 11.5 Å². The third-order valence-corrected chi connectivity index (χ3v) is 3.60. The summed E-state index contributed by atoms with van der Waals surface area (Å²) in [6, 6.07) is 5.25. The number of nitrogens with two attached hydrogens (primary N) is 1. The van der Waals surface area contributed by atoms with Crippen LogP contribution in [0.1, 0.15) is 5.56 Å². The smallest absolute Gasteiger partial charge is 0.0803 e. The zero-order chi connectivity index (χ0) is 11.8. The van der Waals surface area contributed by atoms with Crippen LogP contribution < -0.4 is 5.73 Å². The van der Waals surface area contributed by atoms with Gasteiger partial charge in [0.25, 0.3) is 0 Å². The summed E-state index contributed by atoms with van der Waals surface area (Å²) < 4.78 is 5.19. The summed E-state index contributed by atoms with van der Waals surface area (Å²) in [7, 11) is 0. The lowest BCUT2D eigenvalue weighted by atomic mass is 9.74. The second kappa shape index (κ2) is 4.51. The molecule has 1 fully saturated rings. The number of rotatable bonds is 3. The van der Waals surface area contributed by atoms with Gasteiger partial charge in [0.1, 0.15) is 0 Å². The zero-order valence-corrected chi connectivity index (χ0v) is 10.1. The van der Waals surface area contributed by atoms with Crippen molar-refractivity contribution in [3.8, 4) is 0 Å². The van der Waals surface area contributed by atoms with E-state index in [0.29, 0.717) is 23.3 Å². The van der Waals surface area contributed by atoms with E-state index in [2.05, 4.69) is 0 Å². The maximum Gasteiger partial charge on any atom is 0.0803 e. The van der Waals surface area contributed by atoms with E-state index in [-0.39, 0.29) is 6.54 Å². The molecule has 0 amide bonds. The summed E-state index contributed by atoms with van der Waals surface area (Å²) in [5.74, 6) is 0. The molecule has 1 aromatic carbocycles. The maximum atomic E-state index is 9.98. The average molecular weight is 262 g/mol. The summed E-state index contributed by atoms with van der Waals surface area (Å²) in [6.45, 7) is 1.06. The molecular weight excluding hydrogens is 249 g/mol. The molecule has 1 unspecified atom stereocenters. The van der Waals surface area contributed by atoms with Crippen LogP contribution in [0.2, 0.25) is 10.0 Å². The van der Waals surface area contributed by atoms with Crippen molar-refractivity contribution in [2.75, 3.05) is 19.8 Å². The van der Waals surface area contributed by atoms with E-state index in [1.807, 2.05) is 6.07 Å². The van der Waals surface area contributed by atoms with Crippen LogP contribution in [0.3, 0.4) is 0 Å². The third kappa shape index (κ3) is 1.83. The minimum absolute atomic E-state index is 0.183. The summed E-state index contributed by atoms with van der Waals surface area (Å²) in [5.41, 5.74) is 5.88. The highest BCUT2D eigenvalue weighted by atomic mass is 35.5. The van der Waals surface area contributed by atoms with Gasteiger partial charge >= 0.3 is 0 Å². The highest BCUT2D eigenvalue weighted by Gasteiger charge is 2.47. The van der Waals surface area contributed by atoms with Crippen LogP contribution in [-0.4, -0.2) is 31.0 Å². The molecule has 1 aliphatic heterocycles. The van der Waals surface area contributed by atoms with Crippen LogP contribution in [0, 0.1) is 0 Å². The van der Waals surface area contributed by atoms with Gasteiger partial charge in [-0.3, -0.25) is 0 Å². The summed E-state index contributed by atoms with van der Waals surface area (Å²) in [5, 5.41) is 11.1. The van der Waals surface area contributed by atoms with Gasteiger partial charge in [0.05, 0.1) is 24.7 Å². The van der Waals surface area contributed by atoms with Gasteiger partial charge in [0.15, 0.2) is 0 Å². The maximum absolute atomic E-state index is 9.98. The molecule has 1 atom stereocenters. The number of aliphatic hydroxyl groups excluding tert-OH is 1. The van der Waals surface area contributed by atoms with Gasteiger partial charge in [-0.1, -0.05) is 29.3 Å². The van der Waals surface area contributed by atoms with Gasteiger partial charge in [-0.15, -0.1) is 0 Å². The van der Waals surface area contributed by atoms with Crippen molar-refractivity contribution in [1.82, 2.24) is 0 Å². The van der Waals surface area contributed by atoms with Crippen molar-refractivity contribution in [1.29, 1.82) is 0 Å². The first kappa shape index (κ1) is 12.1. The fraction of sp³-hybridized carbons (Fsp3) is 0.455. The molecule has 0 aliphatic carbocycles. The van der Waals surface area contributed by atoms with Gasteiger partial charge in [0, 0.05) is 16.6 Å². The minimum Gasteiger partial charge on any atom is -0.391 e. The first-order valence-electron chi connectivity index (χ1n) is 5.01. The highest BCUT2D eigenvalue weighted by Crippen LogP contribution is 2.40. The van der Waals surface area contributed by atoms with E-state index in [4.69, 9.17) is 33.7 Å². The number of hydrogen-bond acceptors (Lipinski definition) is 3. The molecule has 1 saturated heterocycles. The lowest BCUT2D eigenvalue weighted by Gasteiger charge is -2.45. The van der Waals surface area contributed by atoms with E-state index < -0.39 is 11.5 Å². The van der Waals surface area contributed by atoms with Crippen molar-refractivity contribution in [3.05, 3.63) is 33.8 Å². The Morgan fingerprint density at radius 2 is 2.12 bits per heavy atom. The standard InChI is InChI=1S/C11H13Cl2NO2/c12-7-1-2-8(9(13)3-7)11(5-16-6-11)10(15)4-14/h1-3,10,15H,4-6,14H2. The molecule has 5 heteroatoms. The largest absolute Gasteiger partial charge is 0.391 e. The van der Waals surface area contributed by atoms with Crippen molar-refractivity contribution >= 4 is 23.2 Å². The van der Waals surface area contributed by atoms with E-state index in [1.165, 1.54) is 0 Å². The molecule has 2 rings (SSSR count). The Bertz CT molecular complexity index is 394. The molecule has 1 aliphatic rings. The van der Waals surface area contributed by atoms with Gasteiger partial charge in [-0.2, -0.15) is 0 Å². The average Bonchev–Trinajstić information content (AvgIpc) is 2.19. The quantitative estimate of drug-likeness (QED) is 0.869. The third-order valence-electron chi connectivity index (χ3n) is 3.05. The molecule has 0 aromatic heterocycles. The monoisotopic (exact) mass is 261 g/mol. The fourth-order valence-electron chi connectivity index (χ4n) is 1.97. The number of benzene rings is 1. The van der Waals surface area contributed by atoms with Crippen LogP contribution in [-0.2, 0) is 10.2 Å². The van der Waals surface area contributed by atoms with Gasteiger partial charge in [-0.05, 0) is 17.7 Å². The van der Waals surface area contributed by atoms with E-state index in [0.717, 1.165) is 5.56 Å². The summed E-state index contributed by atoms with van der Waals surface area (Å²) in [6.07, 6.45) is -0.653. The highest BCUT2D eigenvalue weighted by molar-refractivity contribution is 6.35. The molecule has 16 heavy (non-hydrogen) atoms. The van der Waals surface area contributed by atoms with Crippen molar-refractivity contribution < 1.29 is 9.84 Å². The number of aliphatic hydroxyl groups is 1. The van der Waals surface area contributed by atoms with Crippen LogP contribution in [0.15, 0.2) is 18.2 Å². The molecule has 3 nitrogen and oxygen atoms in total. The lowest BCUT2D eigenvalue weighted by molar-refractivity contribution is -0.116. The van der Waals surface area contributed by atoms with Gasteiger partial charge in [0.2, 0.25) is 0 Å². The Balaban J connectivity index is 2.40. The Morgan fingerprint density at radius 3 is 2.56 bits per heavy atom. The van der Waals surface area contributed by atoms with E-state index in [1.54, 1.807) is 12.1 Å². The second-order valence-electron chi connectivity index (χ2n) is 4.02. The Labute approximate surface area is 104 Å². The molecule has 0 spiro atoms. The SMILES string of the molecule is NCC(O)C1(c2ccc(Cl)cc2Cl)COC1. The van der Waals surface area contributed by atoms with E-state index >= 15 is 0 Å². The first-order valence-corrected chi connectivity index (χ1v) is 5.77. The normalized spacial score (nSPS) is 20.2. The summed E-state index contributed by atoms with van der Waals surface area (Å²) >= 11 is 12.0. The van der Waals surface area contributed by atoms with Crippen LogP contribution in [0.4, 0.5) is 0 Å². The Morgan fingerprint density at radius 1 is 1.44 bits per heavy atom. The van der Waals surface area contributed by atoms with Crippen molar-refractivity contribution in [2.24, 2.45) is 5.73 Å². The van der Waals surface area contributed by atoms with Crippen molar-refractivity contribution in [3.63, 3.8) is 0 Å². The predicted octanol–water partition coefficient (Wildman–Crippen LogP) is 1.58. The van der Waals surface area contributed by atoms with Crippen LogP contribution in [0.25, 0.3) is 0 Å². The number of ether oxygens (including phenoxy) is 1. The Hall–Kier alpha value is -0.320. The molecule has 0 radical (unpaired) electrons.